The van der Waals surface area contributed by atoms with E-state index < -0.39 is 0 Å². The lowest BCUT2D eigenvalue weighted by Gasteiger charge is -2.26. The quantitative estimate of drug-likeness (QED) is 0.852. The minimum atomic E-state index is -0.210. The molecule has 2 heteroatoms. The van der Waals surface area contributed by atoms with Gasteiger partial charge in [-0.15, -0.1) is 0 Å². The van der Waals surface area contributed by atoms with Gasteiger partial charge in [-0.1, -0.05) is 36.8 Å². The Morgan fingerprint density at radius 2 is 1.95 bits per heavy atom. The summed E-state index contributed by atoms with van der Waals surface area (Å²) in [5.41, 5.74) is 10.4. The van der Waals surface area contributed by atoms with Gasteiger partial charge in [0.05, 0.1) is 0 Å². The Morgan fingerprint density at radius 3 is 2.60 bits per heavy atom. The summed E-state index contributed by atoms with van der Waals surface area (Å²) >= 11 is 0. The van der Waals surface area contributed by atoms with Gasteiger partial charge < -0.3 is 5.73 Å². The van der Waals surface area contributed by atoms with E-state index in [-0.39, 0.29) is 11.9 Å². The molecule has 0 aromatic heterocycles. The Kier molecular flexibility index (Phi) is 3.58. The van der Waals surface area contributed by atoms with Crippen LogP contribution >= 0.6 is 0 Å². The molecular weight excluding hydrogens is 249 g/mol. The molecule has 1 aliphatic rings. The molecule has 2 aromatic rings. The highest BCUT2D eigenvalue weighted by Gasteiger charge is 2.20. The number of halogens is 1. The molecule has 1 fully saturated rings. The van der Waals surface area contributed by atoms with Gasteiger partial charge in [0.15, 0.2) is 0 Å². The van der Waals surface area contributed by atoms with Gasteiger partial charge in [-0.25, -0.2) is 4.39 Å². The van der Waals surface area contributed by atoms with Gasteiger partial charge in [-0.3, -0.25) is 0 Å². The maximum Gasteiger partial charge on any atom is 0.123 e. The van der Waals surface area contributed by atoms with Crippen LogP contribution in [0.4, 0.5) is 4.39 Å². The van der Waals surface area contributed by atoms with Crippen molar-refractivity contribution in [3.8, 4) is 11.1 Å². The van der Waals surface area contributed by atoms with E-state index >= 15 is 0 Å². The Hall–Kier alpha value is -1.67. The van der Waals surface area contributed by atoms with Crippen LogP contribution in [0.25, 0.3) is 11.1 Å². The first-order valence-corrected chi connectivity index (χ1v) is 7.30. The van der Waals surface area contributed by atoms with Crippen LogP contribution in [0.1, 0.15) is 49.3 Å². The Morgan fingerprint density at radius 1 is 1.15 bits per heavy atom. The van der Waals surface area contributed by atoms with Crippen LogP contribution in [0.2, 0.25) is 0 Å². The predicted molar refractivity (Wildman–Crippen MR) is 81.0 cm³/mol. The molecule has 20 heavy (non-hydrogen) atoms. The first kappa shape index (κ1) is 13.3. The van der Waals surface area contributed by atoms with Crippen LogP contribution in [-0.4, -0.2) is 0 Å². The highest BCUT2D eigenvalue weighted by molar-refractivity contribution is 5.69. The van der Waals surface area contributed by atoms with Gasteiger partial charge in [-0.05, 0) is 60.1 Å². The molecule has 3 rings (SSSR count). The second-order valence-electron chi connectivity index (χ2n) is 5.77. The third-order valence-electron chi connectivity index (χ3n) is 4.28. The van der Waals surface area contributed by atoms with Crippen molar-refractivity contribution in [3.05, 3.63) is 59.4 Å². The summed E-state index contributed by atoms with van der Waals surface area (Å²) in [6.45, 7) is 1.94. The van der Waals surface area contributed by atoms with Crippen molar-refractivity contribution in [2.45, 2.75) is 38.1 Å². The molecule has 0 heterocycles. The molecule has 0 radical (unpaired) electrons. The zero-order valence-corrected chi connectivity index (χ0v) is 11.8. The minimum Gasteiger partial charge on any atom is -0.324 e. The van der Waals surface area contributed by atoms with Crippen LogP contribution in [0.3, 0.4) is 0 Å². The Balaban J connectivity index is 2.05. The van der Waals surface area contributed by atoms with Crippen molar-refractivity contribution in [2.24, 2.45) is 5.73 Å². The van der Waals surface area contributed by atoms with E-state index in [2.05, 4.69) is 18.2 Å². The molecule has 0 spiro atoms. The predicted octanol–water partition coefficient (Wildman–Crippen LogP) is 4.78. The molecule has 1 saturated carbocycles. The maximum atomic E-state index is 13.6. The first-order valence-electron chi connectivity index (χ1n) is 7.30. The fourth-order valence-corrected chi connectivity index (χ4v) is 2.88. The van der Waals surface area contributed by atoms with E-state index in [0.717, 1.165) is 16.7 Å². The van der Waals surface area contributed by atoms with E-state index in [1.807, 2.05) is 13.0 Å². The smallest absolute Gasteiger partial charge is 0.123 e. The van der Waals surface area contributed by atoms with Crippen LogP contribution in [0.15, 0.2) is 42.5 Å². The van der Waals surface area contributed by atoms with Crippen molar-refractivity contribution in [1.29, 1.82) is 0 Å². The summed E-state index contributed by atoms with van der Waals surface area (Å²) < 4.78 is 13.6. The molecule has 2 N–H and O–H groups in total. The molecule has 0 amide bonds. The highest BCUT2D eigenvalue weighted by atomic mass is 19.1. The maximum absolute atomic E-state index is 13.6. The molecule has 1 unspecified atom stereocenters. The third kappa shape index (κ3) is 2.48. The lowest BCUT2D eigenvalue weighted by molar-refractivity contribution is 0.420. The van der Waals surface area contributed by atoms with Crippen molar-refractivity contribution < 1.29 is 4.39 Å². The monoisotopic (exact) mass is 269 g/mol. The summed E-state index contributed by atoms with van der Waals surface area (Å²) in [4.78, 5) is 0. The van der Waals surface area contributed by atoms with E-state index in [1.165, 1.54) is 30.9 Å². The zero-order chi connectivity index (χ0) is 14.1. The van der Waals surface area contributed by atoms with Gasteiger partial charge in [0.2, 0.25) is 0 Å². The number of hydrogen-bond acceptors (Lipinski definition) is 1. The largest absolute Gasteiger partial charge is 0.324 e. The van der Waals surface area contributed by atoms with Gasteiger partial charge in [-0.2, -0.15) is 0 Å². The average molecular weight is 269 g/mol. The summed E-state index contributed by atoms with van der Waals surface area (Å²) in [6.07, 6.45) is 3.86. The third-order valence-corrected chi connectivity index (χ3v) is 4.28. The van der Waals surface area contributed by atoms with Gasteiger partial charge >= 0.3 is 0 Å². The second kappa shape index (κ2) is 5.37. The minimum absolute atomic E-state index is 0.0991. The zero-order valence-electron chi connectivity index (χ0n) is 11.8. The van der Waals surface area contributed by atoms with Crippen LogP contribution in [-0.2, 0) is 0 Å². The van der Waals surface area contributed by atoms with Crippen LogP contribution < -0.4 is 5.73 Å². The number of rotatable bonds is 3. The topological polar surface area (TPSA) is 26.0 Å². The molecule has 0 bridgehead atoms. The van der Waals surface area contributed by atoms with Crippen molar-refractivity contribution in [3.63, 3.8) is 0 Å². The Labute approximate surface area is 119 Å². The summed E-state index contributed by atoms with van der Waals surface area (Å²) in [7, 11) is 0. The average Bonchev–Trinajstić information content (AvgIpc) is 2.36. The molecule has 0 saturated heterocycles. The standard InChI is InChI=1S/C18H20FN/c1-12(20)17-9-8-16(19)11-18(17)15-7-3-6-14(10-15)13-4-2-5-13/h3,6-13H,2,4-5,20H2,1H3. The Bertz CT molecular complexity index is 615. The molecule has 1 nitrogen and oxygen atoms in total. The van der Waals surface area contributed by atoms with Gasteiger partial charge in [0.1, 0.15) is 5.82 Å². The van der Waals surface area contributed by atoms with E-state index in [9.17, 15) is 4.39 Å². The van der Waals surface area contributed by atoms with Crippen molar-refractivity contribution >= 4 is 0 Å². The van der Waals surface area contributed by atoms with Crippen molar-refractivity contribution in [1.82, 2.24) is 0 Å². The normalized spacial score (nSPS) is 16.8. The van der Waals surface area contributed by atoms with Crippen LogP contribution in [0, 0.1) is 5.82 Å². The molecule has 104 valence electrons. The SMILES string of the molecule is CC(N)c1ccc(F)cc1-c1cccc(C2CCC2)c1. The highest BCUT2D eigenvalue weighted by Crippen LogP contribution is 2.38. The second-order valence-corrected chi connectivity index (χ2v) is 5.77. The molecule has 2 aromatic carbocycles. The summed E-state index contributed by atoms with van der Waals surface area (Å²) in [5.74, 6) is 0.473. The lowest BCUT2D eigenvalue weighted by Crippen LogP contribution is -2.09. The molecule has 1 aliphatic carbocycles. The van der Waals surface area contributed by atoms with Gasteiger partial charge in [0, 0.05) is 6.04 Å². The van der Waals surface area contributed by atoms with Crippen molar-refractivity contribution in [2.75, 3.05) is 0 Å². The van der Waals surface area contributed by atoms with Crippen LogP contribution in [0.5, 0.6) is 0 Å². The fourth-order valence-electron chi connectivity index (χ4n) is 2.88. The summed E-state index contributed by atoms with van der Waals surface area (Å²) in [6, 6.07) is 13.3. The van der Waals surface area contributed by atoms with E-state index in [0.29, 0.717) is 5.92 Å². The number of nitrogens with two attached hydrogens (primary N) is 1. The molecular formula is C18H20FN. The van der Waals surface area contributed by atoms with E-state index in [4.69, 9.17) is 5.73 Å². The molecule has 0 aliphatic heterocycles. The number of benzene rings is 2. The van der Waals surface area contributed by atoms with Gasteiger partial charge in [0.25, 0.3) is 0 Å². The number of hydrogen-bond donors (Lipinski definition) is 1. The first-order chi connectivity index (χ1) is 9.65. The summed E-state index contributed by atoms with van der Waals surface area (Å²) in [5, 5.41) is 0. The lowest BCUT2D eigenvalue weighted by atomic mass is 9.79. The van der Waals surface area contributed by atoms with E-state index in [1.54, 1.807) is 12.1 Å². The fraction of sp³-hybridized carbons (Fsp3) is 0.333. The molecule has 1 atom stereocenters.